The second kappa shape index (κ2) is 13.3. The van der Waals surface area contributed by atoms with Crippen LogP contribution < -0.4 is 0 Å². The van der Waals surface area contributed by atoms with Gasteiger partial charge in [0.25, 0.3) is 0 Å². The first kappa shape index (κ1) is 30.9. The van der Waals surface area contributed by atoms with E-state index >= 15 is 0 Å². The third kappa shape index (κ3) is 5.70. The lowest BCUT2D eigenvalue weighted by Crippen LogP contribution is -2.03. The van der Waals surface area contributed by atoms with Gasteiger partial charge >= 0.3 is 0 Å². The molecule has 0 saturated heterocycles. The van der Waals surface area contributed by atoms with Gasteiger partial charge in [-0.25, -0.2) is 24.9 Å². The highest BCUT2D eigenvalue weighted by atomic mass is 14.9. The van der Waals surface area contributed by atoms with Crippen molar-refractivity contribution in [2.45, 2.75) is 0 Å². The molecule has 0 unspecified atom stereocenters. The van der Waals surface area contributed by atoms with Crippen molar-refractivity contribution in [2.24, 2.45) is 4.99 Å². The maximum Gasteiger partial charge on any atom is 0.160 e. The van der Waals surface area contributed by atoms with Crippen molar-refractivity contribution in [1.82, 2.24) is 19.9 Å². The Morgan fingerprint density at radius 2 is 1.00 bits per heavy atom. The highest BCUT2D eigenvalue weighted by molar-refractivity contribution is 6.20. The smallest absolute Gasteiger partial charge is 0.160 e. The molecule has 5 nitrogen and oxygen atoms in total. The Hall–Kier alpha value is -7.11. The van der Waals surface area contributed by atoms with E-state index in [0.29, 0.717) is 5.82 Å². The lowest BCUT2D eigenvalue weighted by Gasteiger charge is -2.19. The van der Waals surface area contributed by atoms with E-state index in [1.54, 1.807) is 6.33 Å². The number of aromatic nitrogens is 4. The molecule has 8 aromatic rings. The number of aliphatic imine (C=N–C) groups is 1. The van der Waals surface area contributed by atoms with Crippen molar-refractivity contribution < 1.29 is 0 Å². The summed E-state index contributed by atoms with van der Waals surface area (Å²) in [6.45, 7) is 4.48. The standard InChI is InChI=1S/C47H31N5/c1-31-22-27-38-39-29-48-30-49-45(39)42(34-16-8-3-9-17-34)43(35-18-10-4-11-19-35)46(38)52-44(31)36-25-23-33(24-26-36)41-28-40(32-14-6-2-7-15-32)50-47(51-41)37-20-12-5-13-21-37/h2-30H,1H2. The molecule has 1 aliphatic heterocycles. The van der Waals surface area contributed by atoms with Crippen LogP contribution in [0.25, 0.3) is 73.1 Å². The molecular weight excluding hydrogens is 635 g/mol. The van der Waals surface area contributed by atoms with E-state index in [0.717, 1.165) is 89.3 Å². The number of benzene rings is 6. The highest BCUT2D eigenvalue weighted by Gasteiger charge is 2.24. The van der Waals surface area contributed by atoms with Crippen LogP contribution in [0, 0.1) is 0 Å². The molecule has 5 heteroatoms. The average molecular weight is 666 g/mol. The first-order chi connectivity index (χ1) is 25.7. The third-order valence-corrected chi connectivity index (χ3v) is 9.37. The van der Waals surface area contributed by atoms with Crippen LogP contribution in [-0.2, 0) is 0 Å². The van der Waals surface area contributed by atoms with Gasteiger partial charge in [0.1, 0.15) is 6.33 Å². The van der Waals surface area contributed by atoms with E-state index in [1.807, 2.05) is 72.9 Å². The molecule has 0 N–H and O–H groups in total. The summed E-state index contributed by atoms with van der Waals surface area (Å²) in [5, 5.41) is 0.938. The normalized spacial score (nSPS) is 12.3. The molecule has 244 valence electrons. The van der Waals surface area contributed by atoms with E-state index < -0.39 is 0 Å². The molecule has 0 spiro atoms. The SMILES string of the molecule is C=C1C=Cc2c(c(-c3ccccc3)c(-c3ccccc3)c3ncncc23)N=C1c1ccc(-c2cc(-c3ccccc3)nc(-c3ccccc3)n2)cc1. The van der Waals surface area contributed by atoms with Crippen LogP contribution in [0.15, 0.2) is 187 Å². The molecule has 2 aromatic heterocycles. The summed E-state index contributed by atoms with van der Waals surface area (Å²) >= 11 is 0. The second-order valence-corrected chi connectivity index (χ2v) is 12.6. The summed E-state index contributed by atoms with van der Waals surface area (Å²) in [5.41, 5.74) is 14.1. The van der Waals surface area contributed by atoms with Crippen molar-refractivity contribution in [3.8, 4) is 56.2 Å². The maximum absolute atomic E-state index is 5.49. The van der Waals surface area contributed by atoms with Crippen LogP contribution in [0.5, 0.6) is 0 Å². The Kier molecular flexibility index (Phi) is 7.91. The van der Waals surface area contributed by atoms with Crippen LogP contribution in [0.4, 0.5) is 5.69 Å². The minimum atomic E-state index is 0.683. The minimum Gasteiger partial charge on any atom is -0.246 e. The van der Waals surface area contributed by atoms with Gasteiger partial charge in [-0.05, 0) is 22.8 Å². The topological polar surface area (TPSA) is 63.9 Å². The van der Waals surface area contributed by atoms with Crippen LogP contribution >= 0.6 is 0 Å². The molecule has 52 heavy (non-hydrogen) atoms. The van der Waals surface area contributed by atoms with Gasteiger partial charge in [-0.1, -0.05) is 164 Å². The van der Waals surface area contributed by atoms with Crippen molar-refractivity contribution >= 4 is 28.4 Å². The quantitative estimate of drug-likeness (QED) is 0.177. The van der Waals surface area contributed by atoms with Gasteiger partial charge in [-0.15, -0.1) is 0 Å². The fourth-order valence-electron chi connectivity index (χ4n) is 6.85. The van der Waals surface area contributed by atoms with Gasteiger partial charge in [-0.2, -0.15) is 0 Å². The largest absolute Gasteiger partial charge is 0.246 e. The zero-order valence-electron chi connectivity index (χ0n) is 28.2. The Bertz CT molecular complexity index is 2590. The number of fused-ring (bicyclic) bond motifs is 3. The molecule has 9 rings (SSSR count). The van der Waals surface area contributed by atoms with E-state index in [1.165, 1.54) is 0 Å². The van der Waals surface area contributed by atoms with E-state index in [9.17, 15) is 0 Å². The van der Waals surface area contributed by atoms with Gasteiger partial charge in [-0.3, -0.25) is 0 Å². The molecule has 0 saturated carbocycles. The van der Waals surface area contributed by atoms with E-state index in [-0.39, 0.29) is 0 Å². The first-order valence-electron chi connectivity index (χ1n) is 17.2. The van der Waals surface area contributed by atoms with Gasteiger partial charge in [0.05, 0.1) is 28.3 Å². The van der Waals surface area contributed by atoms with E-state index in [4.69, 9.17) is 19.9 Å². The molecule has 0 amide bonds. The highest BCUT2D eigenvalue weighted by Crippen LogP contribution is 2.48. The number of hydrogen-bond acceptors (Lipinski definition) is 5. The molecule has 0 fully saturated rings. The predicted octanol–water partition coefficient (Wildman–Crippen LogP) is 11.5. The van der Waals surface area contributed by atoms with Gasteiger partial charge < -0.3 is 0 Å². The summed E-state index contributed by atoms with van der Waals surface area (Å²) in [7, 11) is 0. The lowest BCUT2D eigenvalue weighted by molar-refractivity contribution is 1.18. The molecule has 6 aromatic carbocycles. The number of hydrogen-bond donors (Lipinski definition) is 0. The minimum absolute atomic E-state index is 0.683. The molecule has 0 aliphatic carbocycles. The van der Waals surface area contributed by atoms with Crippen molar-refractivity contribution in [3.63, 3.8) is 0 Å². The van der Waals surface area contributed by atoms with Gasteiger partial charge in [0, 0.05) is 50.5 Å². The zero-order valence-corrected chi connectivity index (χ0v) is 28.2. The van der Waals surface area contributed by atoms with Crippen molar-refractivity contribution in [3.05, 3.63) is 194 Å². The zero-order chi connectivity index (χ0) is 34.9. The number of nitrogens with zero attached hydrogens (tertiary/aromatic N) is 5. The number of allylic oxidation sites excluding steroid dienone is 2. The predicted molar refractivity (Wildman–Crippen MR) is 213 cm³/mol. The summed E-state index contributed by atoms with van der Waals surface area (Å²) in [5.74, 6) is 0.683. The Morgan fingerprint density at radius 3 is 1.62 bits per heavy atom. The molecule has 0 radical (unpaired) electrons. The Morgan fingerprint density at radius 1 is 0.481 bits per heavy atom. The third-order valence-electron chi connectivity index (χ3n) is 9.37. The summed E-state index contributed by atoms with van der Waals surface area (Å²) in [6.07, 6.45) is 7.66. The monoisotopic (exact) mass is 665 g/mol. The molecule has 0 bridgehead atoms. The van der Waals surface area contributed by atoms with Gasteiger partial charge in [0.15, 0.2) is 5.82 Å². The van der Waals surface area contributed by atoms with Crippen LogP contribution in [-0.4, -0.2) is 25.6 Å². The molecular formula is C47H31N5. The van der Waals surface area contributed by atoms with Crippen molar-refractivity contribution in [1.29, 1.82) is 0 Å². The average Bonchev–Trinajstić information content (AvgIpc) is 3.40. The van der Waals surface area contributed by atoms with Crippen molar-refractivity contribution in [2.75, 3.05) is 0 Å². The maximum atomic E-state index is 5.49. The Balaban J connectivity index is 1.21. The van der Waals surface area contributed by atoms with Crippen LogP contribution in [0.1, 0.15) is 11.1 Å². The van der Waals surface area contributed by atoms with Crippen LogP contribution in [0.3, 0.4) is 0 Å². The van der Waals surface area contributed by atoms with E-state index in [2.05, 4.69) is 109 Å². The summed E-state index contributed by atoms with van der Waals surface area (Å²) in [6, 6.07) is 51.7. The summed E-state index contributed by atoms with van der Waals surface area (Å²) in [4.78, 5) is 24.8. The first-order valence-corrected chi connectivity index (χ1v) is 17.2. The Labute approximate surface area is 302 Å². The number of rotatable bonds is 6. The van der Waals surface area contributed by atoms with Crippen LogP contribution in [0.2, 0.25) is 0 Å². The second-order valence-electron chi connectivity index (χ2n) is 12.6. The lowest BCUT2D eigenvalue weighted by atomic mass is 9.88. The summed E-state index contributed by atoms with van der Waals surface area (Å²) < 4.78 is 0. The molecule has 1 aliphatic rings. The molecule has 3 heterocycles. The van der Waals surface area contributed by atoms with Gasteiger partial charge in [0.2, 0.25) is 0 Å². The fraction of sp³-hybridized carbons (Fsp3) is 0. The molecule has 0 atom stereocenters. The fourth-order valence-corrected chi connectivity index (χ4v) is 6.85.